The van der Waals surface area contributed by atoms with Crippen LogP contribution >= 0.6 is 23.1 Å². The third-order valence-corrected chi connectivity index (χ3v) is 10.3. The number of hydrogen-bond acceptors (Lipinski definition) is 9. The van der Waals surface area contributed by atoms with Gasteiger partial charge >= 0.3 is 5.97 Å². The first kappa shape index (κ1) is 36.0. The molecule has 4 aromatic rings. The number of hydrogen-bond donors (Lipinski definition) is 3. The minimum absolute atomic E-state index is 0.0787. The zero-order valence-electron chi connectivity index (χ0n) is 27.5. The first-order valence-corrected chi connectivity index (χ1v) is 17.8. The van der Waals surface area contributed by atoms with E-state index in [0.717, 1.165) is 49.0 Å². The molecule has 1 aliphatic rings. The summed E-state index contributed by atoms with van der Waals surface area (Å²) in [5, 5.41) is 19.5. The third-order valence-electron chi connectivity index (χ3n) is 8.02. The second-order valence-corrected chi connectivity index (χ2v) is 14.1. The zero-order valence-corrected chi connectivity index (χ0v) is 29.2. The van der Waals surface area contributed by atoms with E-state index in [-0.39, 0.29) is 17.3 Å². The van der Waals surface area contributed by atoms with Crippen molar-refractivity contribution >= 4 is 69.2 Å². The van der Waals surface area contributed by atoms with Gasteiger partial charge in [-0.15, -0.1) is 23.1 Å². The Hall–Kier alpha value is -5.27. The number of methoxy groups -OCH3 is 1. The summed E-state index contributed by atoms with van der Waals surface area (Å²) < 4.78 is 5.09. The first-order valence-electron chi connectivity index (χ1n) is 16.1. The highest BCUT2D eigenvalue weighted by atomic mass is 32.2. The topological polar surface area (TPSA) is 157 Å². The maximum Gasteiger partial charge on any atom is 0.341 e. The van der Waals surface area contributed by atoms with E-state index in [1.807, 2.05) is 6.07 Å². The highest BCUT2D eigenvalue weighted by Gasteiger charge is 2.27. The average molecular weight is 713 g/mol. The lowest BCUT2D eigenvalue weighted by Gasteiger charge is -2.14. The predicted octanol–water partition coefficient (Wildman–Crippen LogP) is 7.63. The Morgan fingerprint density at radius 2 is 1.64 bits per heavy atom. The number of fused-ring (bicyclic) bond motifs is 1. The van der Waals surface area contributed by atoms with E-state index >= 15 is 0 Å². The summed E-state index contributed by atoms with van der Waals surface area (Å²) in [7, 11) is 1.34. The number of non-ortho nitro benzene ring substituents is 1. The van der Waals surface area contributed by atoms with E-state index in [2.05, 4.69) is 16.0 Å². The first-order chi connectivity index (χ1) is 24.1. The molecule has 1 unspecified atom stereocenters. The number of nitro benzene ring substituents is 1. The van der Waals surface area contributed by atoms with E-state index in [9.17, 15) is 29.3 Å². The van der Waals surface area contributed by atoms with E-state index in [1.54, 1.807) is 55.5 Å². The van der Waals surface area contributed by atoms with Crippen LogP contribution in [0.3, 0.4) is 0 Å². The fourth-order valence-electron chi connectivity index (χ4n) is 5.44. The summed E-state index contributed by atoms with van der Waals surface area (Å²) in [5.74, 6) is -1.86. The van der Waals surface area contributed by atoms with Crippen LogP contribution in [0, 0.1) is 10.1 Å². The van der Waals surface area contributed by atoms with Gasteiger partial charge in [-0.2, -0.15) is 0 Å². The van der Waals surface area contributed by atoms with Crippen molar-refractivity contribution in [1.29, 1.82) is 0 Å². The van der Waals surface area contributed by atoms with Crippen molar-refractivity contribution in [2.24, 2.45) is 0 Å². The van der Waals surface area contributed by atoms with E-state index in [0.29, 0.717) is 32.3 Å². The molecule has 0 spiro atoms. The number of ether oxygens (including phenoxy) is 1. The minimum atomic E-state index is -0.621. The van der Waals surface area contributed by atoms with Crippen molar-refractivity contribution < 1.29 is 28.8 Å². The van der Waals surface area contributed by atoms with Crippen molar-refractivity contribution in [2.45, 2.75) is 55.6 Å². The van der Waals surface area contributed by atoms with Gasteiger partial charge in [-0.1, -0.05) is 37.1 Å². The largest absolute Gasteiger partial charge is 0.465 e. The van der Waals surface area contributed by atoms with Gasteiger partial charge in [0.2, 0.25) is 5.91 Å². The smallest absolute Gasteiger partial charge is 0.341 e. The molecule has 3 amide bonds. The van der Waals surface area contributed by atoms with Gasteiger partial charge in [0.1, 0.15) is 10.7 Å². The maximum absolute atomic E-state index is 13.5. The van der Waals surface area contributed by atoms with Crippen molar-refractivity contribution in [3.63, 3.8) is 0 Å². The van der Waals surface area contributed by atoms with Gasteiger partial charge in [0.05, 0.1) is 22.8 Å². The molecular weight excluding hydrogens is 677 g/mol. The number of nitro groups is 1. The summed E-state index contributed by atoms with van der Waals surface area (Å²) in [6.45, 7) is 1.76. The number of nitrogens with zero attached hydrogens (tertiary/aromatic N) is 1. The predicted molar refractivity (Wildman–Crippen MR) is 196 cm³/mol. The number of amides is 3. The van der Waals surface area contributed by atoms with Gasteiger partial charge in [0.25, 0.3) is 17.5 Å². The van der Waals surface area contributed by atoms with Crippen LogP contribution in [-0.2, 0) is 27.2 Å². The molecular formula is C37H36N4O7S2. The summed E-state index contributed by atoms with van der Waals surface area (Å²) in [6, 6.07) is 20.9. The number of aryl methyl sites for hydroxylation is 1. The van der Waals surface area contributed by atoms with E-state index < -0.39 is 28.0 Å². The summed E-state index contributed by atoms with van der Waals surface area (Å²) in [5.41, 5.74) is 2.46. The van der Waals surface area contributed by atoms with Crippen molar-refractivity contribution in [1.82, 2.24) is 5.32 Å². The molecule has 3 N–H and O–H groups in total. The number of anilines is 2. The average Bonchev–Trinajstić information content (AvgIpc) is 3.43. The normalized spacial score (nSPS) is 13.5. The SMILES string of the molecule is COC(=O)c1c(NC(=O)C(C)Sc2cccc(NC(=O)/C(=C\c3ccc([N+](=O)[O-])cc3)NC(=O)c3ccccc3)c2)sc2c1CCCCCC2. The standard InChI is InChI=1S/C37H36N4O7S2/c1-23(33(42)40-36-32(37(45)48-2)29-15-8-3-4-9-16-31(29)50-36)49-28-14-10-13-26(22-28)38-35(44)30(39-34(43)25-11-6-5-7-12-25)21-24-17-19-27(20-18-24)41(46)47/h5-7,10-14,17-23H,3-4,8-9,15-16H2,1-2H3,(H,38,44)(H,39,43)(H,40,42)/b30-21+. The second-order valence-electron chi connectivity index (χ2n) is 11.6. The Morgan fingerprint density at radius 3 is 2.34 bits per heavy atom. The highest BCUT2D eigenvalue weighted by molar-refractivity contribution is 8.00. The van der Waals surface area contributed by atoms with Gasteiger partial charge in [0.15, 0.2) is 0 Å². The van der Waals surface area contributed by atoms with Crippen LogP contribution in [0.2, 0.25) is 0 Å². The molecule has 0 saturated heterocycles. The lowest BCUT2D eigenvalue weighted by Crippen LogP contribution is -2.30. The Morgan fingerprint density at radius 1 is 0.920 bits per heavy atom. The van der Waals surface area contributed by atoms with Gasteiger partial charge in [-0.25, -0.2) is 4.79 Å². The van der Waals surface area contributed by atoms with Crippen LogP contribution in [0.25, 0.3) is 6.08 Å². The Balaban J connectivity index is 1.30. The molecule has 13 heteroatoms. The summed E-state index contributed by atoms with van der Waals surface area (Å²) in [6.07, 6.45) is 7.32. The van der Waals surface area contributed by atoms with Crippen LogP contribution < -0.4 is 16.0 Å². The number of carbonyl (C=O) groups is 4. The maximum atomic E-state index is 13.5. The lowest BCUT2D eigenvalue weighted by molar-refractivity contribution is -0.384. The monoisotopic (exact) mass is 712 g/mol. The van der Waals surface area contributed by atoms with Crippen molar-refractivity contribution in [2.75, 3.05) is 17.7 Å². The molecule has 11 nitrogen and oxygen atoms in total. The number of esters is 1. The molecule has 0 aliphatic heterocycles. The lowest BCUT2D eigenvalue weighted by atomic mass is 9.96. The van der Waals surface area contributed by atoms with Crippen LogP contribution in [-0.4, -0.2) is 41.0 Å². The van der Waals surface area contributed by atoms with Gasteiger partial charge < -0.3 is 20.7 Å². The number of nitrogens with one attached hydrogen (secondary N) is 3. The molecule has 1 aromatic heterocycles. The number of rotatable bonds is 11. The van der Waals surface area contributed by atoms with Crippen LogP contribution in [0.5, 0.6) is 0 Å². The van der Waals surface area contributed by atoms with E-state index in [4.69, 9.17) is 4.74 Å². The molecule has 0 fully saturated rings. The molecule has 1 heterocycles. The van der Waals surface area contributed by atoms with Crippen molar-refractivity contribution in [3.8, 4) is 0 Å². The molecule has 0 radical (unpaired) electrons. The Bertz CT molecular complexity index is 1920. The molecule has 3 aromatic carbocycles. The Kier molecular flexibility index (Phi) is 12.2. The summed E-state index contributed by atoms with van der Waals surface area (Å²) in [4.78, 5) is 65.1. The number of thioether (sulfide) groups is 1. The molecule has 0 saturated carbocycles. The van der Waals surface area contributed by atoms with Crippen LogP contribution in [0.4, 0.5) is 16.4 Å². The fraction of sp³-hybridized carbons (Fsp3) is 0.243. The summed E-state index contributed by atoms with van der Waals surface area (Å²) >= 11 is 2.72. The molecule has 50 heavy (non-hydrogen) atoms. The molecule has 5 rings (SSSR count). The highest BCUT2D eigenvalue weighted by Crippen LogP contribution is 2.38. The number of thiophene rings is 1. The second kappa shape index (κ2) is 16.9. The molecule has 1 atom stereocenters. The minimum Gasteiger partial charge on any atom is -0.465 e. The molecule has 258 valence electrons. The fourth-order valence-corrected chi connectivity index (χ4v) is 7.65. The van der Waals surface area contributed by atoms with Crippen LogP contribution in [0.15, 0.2) is 89.5 Å². The zero-order chi connectivity index (χ0) is 35.6. The third kappa shape index (κ3) is 9.24. The molecule has 1 aliphatic carbocycles. The number of benzene rings is 3. The van der Waals surface area contributed by atoms with Gasteiger partial charge in [-0.3, -0.25) is 24.5 Å². The Labute approximate surface area is 297 Å². The van der Waals surface area contributed by atoms with Crippen molar-refractivity contribution in [3.05, 3.63) is 122 Å². The van der Waals surface area contributed by atoms with Gasteiger partial charge in [-0.05, 0) is 92.3 Å². The van der Waals surface area contributed by atoms with Gasteiger partial charge in [0, 0.05) is 33.2 Å². The molecule has 0 bridgehead atoms. The number of carbonyl (C=O) groups excluding carboxylic acids is 4. The van der Waals surface area contributed by atoms with Crippen LogP contribution in [0.1, 0.15) is 69.3 Å². The van der Waals surface area contributed by atoms with E-state index in [1.165, 1.54) is 60.5 Å². The quantitative estimate of drug-likeness (QED) is 0.0471.